The molecule has 0 spiro atoms. The molecule has 0 saturated carbocycles. The van der Waals surface area contributed by atoms with E-state index in [2.05, 4.69) is 15.0 Å². The van der Waals surface area contributed by atoms with E-state index in [1.807, 2.05) is 24.3 Å². The summed E-state index contributed by atoms with van der Waals surface area (Å²) in [5.41, 5.74) is 1.02. The quantitative estimate of drug-likeness (QED) is 0.0236. The lowest BCUT2D eigenvalue weighted by Crippen LogP contribution is -2.39. The molecule has 10 aromatic carbocycles. The van der Waals surface area contributed by atoms with Crippen molar-refractivity contribution < 1.29 is 107 Å². The average molecular weight is 1810 g/mol. The largest absolute Gasteiger partial charge is 0.496 e. The predicted octanol–water partition coefficient (Wildman–Crippen LogP) is 20.9. The van der Waals surface area contributed by atoms with Crippen LogP contribution in [0, 0.1) is 46.5 Å². The summed E-state index contributed by atoms with van der Waals surface area (Å²) in [6, 6.07) is 56.9. The summed E-state index contributed by atoms with van der Waals surface area (Å²) in [6.07, 6.45) is 7.25. The molecule has 0 aliphatic heterocycles. The Hall–Kier alpha value is -14.9. The van der Waals surface area contributed by atoms with Gasteiger partial charge in [-0.15, -0.1) is 0 Å². The molecule has 2 heterocycles. The van der Waals surface area contributed by atoms with Crippen LogP contribution in [-0.2, 0) is 42.9 Å². The average Bonchev–Trinajstić information content (AvgIpc) is 0.765. The van der Waals surface area contributed by atoms with Gasteiger partial charge in [-0.05, 0) is 227 Å². The molecule has 12 rings (SSSR count). The SMILES string of the molecule is CC(C)(C)OC(=O)CN(C(=O)c1c(F)cccc1F)c1cccc(-c2cccnc2)c1.CC(C)(C)OC(=O)CN(C(=O)c1c(F)cccc1F)c1cccc(-c2cncnc2)c1.COC(C)C(=O)c1ccc(-c2cccc(N(CC(=O)OC(C)(C)C)C(=O)c3c(F)cccc3F)c2)cc1.COc1ccccc1-c1cccc(N(CC(=O)OC(C)(C)C)C(=O)c2c(F)cccc2F)c1. The van der Waals surface area contributed by atoms with Gasteiger partial charge in [-0.2, -0.15) is 0 Å². The number of hydrogen-bond acceptors (Lipinski definition) is 18. The predicted molar refractivity (Wildman–Crippen MR) is 484 cm³/mol. The van der Waals surface area contributed by atoms with E-state index in [1.54, 1.807) is 255 Å². The van der Waals surface area contributed by atoms with Gasteiger partial charge in [0.1, 0.15) is 136 Å². The number of benzene rings is 10. The summed E-state index contributed by atoms with van der Waals surface area (Å²) in [5.74, 6) is -14.6. The molecule has 12 aromatic rings. The van der Waals surface area contributed by atoms with Crippen molar-refractivity contribution in [2.24, 2.45) is 0 Å². The first-order valence-corrected chi connectivity index (χ1v) is 41.1. The molecule has 0 aliphatic carbocycles. The second-order valence-electron chi connectivity index (χ2n) is 33.4. The van der Waals surface area contributed by atoms with Crippen molar-refractivity contribution in [3.8, 4) is 50.3 Å². The Labute approximate surface area is 758 Å². The minimum Gasteiger partial charge on any atom is -0.496 e. The van der Waals surface area contributed by atoms with Gasteiger partial charge >= 0.3 is 23.9 Å². The van der Waals surface area contributed by atoms with Gasteiger partial charge in [0.05, 0.1) is 7.11 Å². The number of hydrogen-bond donors (Lipinski definition) is 0. The van der Waals surface area contributed by atoms with Gasteiger partial charge in [-0.25, -0.2) is 45.1 Å². The van der Waals surface area contributed by atoms with Crippen LogP contribution >= 0.6 is 0 Å². The molecule has 132 heavy (non-hydrogen) atoms. The van der Waals surface area contributed by atoms with Crippen molar-refractivity contribution >= 4 is 76.0 Å². The number of para-hydroxylation sites is 1. The lowest BCUT2D eigenvalue weighted by molar-refractivity contribution is -0.154. The lowest BCUT2D eigenvalue weighted by atomic mass is 10.0. The van der Waals surface area contributed by atoms with Crippen LogP contribution in [0.3, 0.4) is 0 Å². The van der Waals surface area contributed by atoms with Crippen molar-refractivity contribution in [2.75, 3.05) is 60.0 Å². The molecular formula is C102H97F8N7O15. The number of methoxy groups -OCH3 is 2. The number of ether oxygens (including phenoxy) is 6. The van der Waals surface area contributed by atoms with E-state index in [0.717, 1.165) is 103 Å². The molecule has 0 aliphatic rings. The third-order valence-corrected chi connectivity index (χ3v) is 18.7. The highest BCUT2D eigenvalue weighted by Crippen LogP contribution is 2.36. The zero-order valence-electron chi connectivity index (χ0n) is 75.0. The molecule has 30 heteroatoms. The van der Waals surface area contributed by atoms with Crippen LogP contribution in [0.2, 0.25) is 0 Å². The number of ketones is 1. The first kappa shape index (κ1) is 101. The number of esters is 4. The number of carbonyl (C=O) groups is 9. The fraction of sp³-hybridized carbons (Fsp3) is 0.235. The summed E-state index contributed by atoms with van der Waals surface area (Å²) < 4.78 is 147. The topological polar surface area (TPSA) is 261 Å². The summed E-state index contributed by atoms with van der Waals surface area (Å²) in [5, 5.41) is 0. The fourth-order valence-electron chi connectivity index (χ4n) is 12.9. The normalized spacial score (nSPS) is 11.4. The Morgan fingerprint density at radius 3 is 0.894 bits per heavy atom. The summed E-state index contributed by atoms with van der Waals surface area (Å²) in [6.45, 7) is 19.8. The molecule has 1 unspecified atom stereocenters. The number of halogens is 8. The smallest absolute Gasteiger partial charge is 0.326 e. The maximum Gasteiger partial charge on any atom is 0.326 e. The number of rotatable bonds is 24. The lowest BCUT2D eigenvalue weighted by Gasteiger charge is -2.26. The van der Waals surface area contributed by atoms with Crippen LogP contribution in [0.25, 0.3) is 44.5 Å². The Kier molecular flexibility index (Phi) is 34.3. The van der Waals surface area contributed by atoms with Crippen LogP contribution in [0.5, 0.6) is 5.75 Å². The molecule has 0 radical (unpaired) electrons. The van der Waals surface area contributed by atoms with Crippen LogP contribution in [0.15, 0.2) is 262 Å². The van der Waals surface area contributed by atoms with Gasteiger partial charge in [0, 0.05) is 76.9 Å². The Balaban J connectivity index is 0.000000198. The Morgan fingerprint density at radius 1 is 0.311 bits per heavy atom. The molecule has 1 atom stereocenters. The van der Waals surface area contributed by atoms with E-state index in [-0.39, 0.29) is 22.8 Å². The number of amides is 4. The maximum atomic E-state index is 14.5. The highest BCUT2D eigenvalue weighted by molar-refractivity contribution is 6.12. The number of Topliss-reactive ketones (excluding diaryl/α,β-unsaturated/α-hetero) is 1. The summed E-state index contributed by atoms with van der Waals surface area (Å²) >= 11 is 0. The van der Waals surface area contributed by atoms with E-state index in [4.69, 9.17) is 28.4 Å². The number of anilines is 4. The molecule has 0 bridgehead atoms. The van der Waals surface area contributed by atoms with Gasteiger partial charge < -0.3 is 28.4 Å². The maximum absolute atomic E-state index is 14.5. The second-order valence-corrected chi connectivity index (χ2v) is 33.4. The second kappa shape index (κ2) is 44.9. The number of nitrogens with zero attached hydrogens (tertiary/aromatic N) is 7. The van der Waals surface area contributed by atoms with Crippen LogP contribution in [0.4, 0.5) is 57.9 Å². The van der Waals surface area contributed by atoms with Gasteiger partial charge in [0.2, 0.25) is 0 Å². The minimum absolute atomic E-state index is 0.163. The van der Waals surface area contributed by atoms with Crippen LogP contribution < -0.4 is 24.3 Å². The molecule has 0 N–H and O–H groups in total. The number of pyridine rings is 1. The molecular weight excluding hydrogens is 1720 g/mol. The van der Waals surface area contributed by atoms with E-state index in [0.29, 0.717) is 39.3 Å². The fourth-order valence-corrected chi connectivity index (χ4v) is 12.9. The molecule has 686 valence electrons. The van der Waals surface area contributed by atoms with Crippen molar-refractivity contribution in [1.82, 2.24) is 15.0 Å². The highest BCUT2D eigenvalue weighted by Gasteiger charge is 2.35. The standard InChI is InChI=1S/C29H29F2NO5.C26H25F2NO4.C24H22F2N2O3.C23H21F2N3O3/c1-18(36-5)27(34)20-14-12-19(13-15-20)21-8-6-9-22(16-21)32(17-25(33)37-29(2,3)4)28(35)26-23(30)10-7-11-24(26)31;1-26(2,3)33-23(30)16-29(25(31)24-20(27)12-8-13-21(24)28)18-10-7-9-17(15-18)19-11-5-6-14-22(19)32-4;1-24(2,3)31-21(29)15-28(23(30)22-19(25)10-5-11-20(22)26)18-9-4-7-16(13-18)17-8-6-12-27-14-17;1-23(2,3)31-20(29)13-28(22(30)21-18(24)8-5-9-19(21)25)17-7-4-6-15(10-17)16-11-26-14-27-12-16/h6-16,18H,17H2,1-5H3;5-15H,16H2,1-4H3;4-14H,15H2,1-3H3;4-12,14H,13H2,1-3H3. The van der Waals surface area contributed by atoms with Crippen LogP contribution in [0.1, 0.15) is 142 Å². The number of aromatic nitrogens is 3. The molecule has 2 aromatic heterocycles. The highest BCUT2D eigenvalue weighted by atomic mass is 19.2. The van der Waals surface area contributed by atoms with Gasteiger partial charge in [0.15, 0.2) is 5.78 Å². The van der Waals surface area contributed by atoms with E-state index < -0.39 is 171 Å². The molecule has 0 saturated heterocycles. The molecule has 0 fully saturated rings. The van der Waals surface area contributed by atoms with E-state index >= 15 is 0 Å². The zero-order valence-corrected chi connectivity index (χ0v) is 75.0. The van der Waals surface area contributed by atoms with Gasteiger partial charge in [0.25, 0.3) is 23.6 Å². The first-order valence-electron chi connectivity index (χ1n) is 41.1. The number of carbonyl (C=O) groups excluding carboxylic acids is 9. The summed E-state index contributed by atoms with van der Waals surface area (Å²) in [4.78, 5) is 131. The Morgan fingerprint density at radius 2 is 0.591 bits per heavy atom. The van der Waals surface area contributed by atoms with E-state index in [9.17, 15) is 78.3 Å². The van der Waals surface area contributed by atoms with Crippen molar-refractivity contribution in [3.63, 3.8) is 0 Å². The van der Waals surface area contributed by atoms with Gasteiger partial charge in [-0.3, -0.25) is 67.7 Å². The van der Waals surface area contributed by atoms with E-state index in [1.165, 1.54) is 25.6 Å². The van der Waals surface area contributed by atoms with Crippen molar-refractivity contribution in [3.05, 3.63) is 336 Å². The van der Waals surface area contributed by atoms with Crippen molar-refractivity contribution in [2.45, 2.75) is 119 Å². The first-order chi connectivity index (χ1) is 62.3. The van der Waals surface area contributed by atoms with Crippen LogP contribution in [-0.4, -0.2) is 137 Å². The Bertz CT molecular complexity index is 5890. The van der Waals surface area contributed by atoms with Crippen molar-refractivity contribution in [1.29, 1.82) is 0 Å². The monoisotopic (exact) mass is 1810 g/mol. The molecule has 4 amide bonds. The minimum atomic E-state index is -1.04. The summed E-state index contributed by atoms with van der Waals surface area (Å²) in [7, 11) is 3.00. The third kappa shape index (κ3) is 28.3. The van der Waals surface area contributed by atoms with Gasteiger partial charge in [-0.1, -0.05) is 121 Å². The molecule has 22 nitrogen and oxygen atoms in total. The third-order valence-electron chi connectivity index (χ3n) is 18.7. The zero-order chi connectivity index (χ0) is 96.7.